The fourth-order valence-electron chi connectivity index (χ4n) is 5.72. The maximum atomic E-state index is 11.9. The zero-order valence-electron chi connectivity index (χ0n) is 23.9. The summed E-state index contributed by atoms with van der Waals surface area (Å²) in [6.45, 7) is 21.6. The van der Waals surface area contributed by atoms with Crippen LogP contribution in [0.5, 0.6) is 0 Å². The average Bonchev–Trinajstić information content (AvgIpc) is 3.44. The number of carboxylic acid groups (broad SMARTS) is 1. The Balaban J connectivity index is 0.000000586. The molecule has 2 aliphatic rings. The Morgan fingerprint density at radius 2 is 1.54 bits per heavy atom. The zero-order valence-corrected chi connectivity index (χ0v) is 23.9. The molecule has 2 aromatic carbocycles. The van der Waals surface area contributed by atoms with Crippen molar-refractivity contribution in [1.29, 1.82) is 0 Å². The highest BCUT2D eigenvalue weighted by molar-refractivity contribution is 6.07. The maximum Gasteiger partial charge on any atom is 0.307 e. The molecule has 1 aromatic heterocycles. The molecule has 5 nitrogen and oxygen atoms in total. The van der Waals surface area contributed by atoms with Gasteiger partial charge in [0.15, 0.2) is 0 Å². The number of hydrogen-bond acceptors (Lipinski definition) is 3. The molecule has 5 rings (SSSR count). The molecule has 0 bridgehead atoms. The van der Waals surface area contributed by atoms with E-state index in [1.54, 1.807) is 0 Å². The van der Waals surface area contributed by atoms with E-state index in [1.165, 1.54) is 53.8 Å². The number of aromatic nitrogens is 1. The van der Waals surface area contributed by atoms with E-state index < -0.39 is 5.97 Å². The molecule has 37 heavy (non-hydrogen) atoms. The Kier molecular flexibility index (Phi) is 8.03. The Hall–Kier alpha value is -2.79. The molecule has 3 heterocycles. The lowest BCUT2D eigenvalue weighted by molar-refractivity contribution is -0.136. The molecule has 0 radical (unpaired) electrons. The Morgan fingerprint density at radius 1 is 0.919 bits per heavy atom. The zero-order chi connectivity index (χ0) is 26.9. The van der Waals surface area contributed by atoms with Gasteiger partial charge in [-0.2, -0.15) is 0 Å². The minimum Gasteiger partial charge on any atom is -0.481 e. The van der Waals surface area contributed by atoms with Gasteiger partial charge in [0, 0.05) is 37.3 Å². The number of carbonyl (C=O) groups is 1. The van der Waals surface area contributed by atoms with Crippen molar-refractivity contribution in [2.75, 3.05) is 37.6 Å². The smallest absolute Gasteiger partial charge is 0.307 e. The molecular weight excluding hydrogens is 458 g/mol. The van der Waals surface area contributed by atoms with Crippen LogP contribution in [0.15, 0.2) is 30.3 Å². The van der Waals surface area contributed by atoms with Crippen LogP contribution in [0.2, 0.25) is 0 Å². The van der Waals surface area contributed by atoms with Crippen molar-refractivity contribution in [1.82, 2.24) is 9.47 Å². The molecule has 0 unspecified atom stereocenters. The van der Waals surface area contributed by atoms with Gasteiger partial charge in [-0.15, -0.1) is 0 Å². The van der Waals surface area contributed by atoms with Crippen LogP contribution in [-0.2, 0) is 17.8 Å². The first-order valence-electron chi connectivity index (χ1n) is 13.9. The summed E-state index contributed by atoms with van der Waals surface area (Å²) < 4.78 is 2.44. The molecule has 0 atom stereocenters. The van der Waals surface area contributed by atoms with Gasteiger partial charge in [-0.25, -0.2) is 0 Å². The van der Waals surface area contributed by atoms with Crippen molar-refractivity contribution in [2.24, 2.45) is 5.41 Å². The highest BCUT2D eigenvalue weighted by Gasteiger charge is 2.29. The third kappa shape index (κ3) is 6.20. The van der Waals surface area contributed by atoms with E-state index in [4.69, 9.17) is 0 Å². The molecule has 1 N–H and O–H groups in total. The van der Waals surface area contributed by atoms with Gasteiger partial charge in [0.2, 0.25) is 0 Å². The van der Waals surface area contributed by atoms with Crippen LogP contribution in [0.1, 0.15) is 62.9 Å². The lowest BCUT2D eigenvalue weighted by atomic mass is 9.88. The SMILES string of the molecule is CC(C)(C)C.Cc1ccc(-c2c(CC(=O)O)c(C)c3c4c2cc(C)n4CCN3CCN2CCCC2)cc1. The van der Waals surface area contributed by atoms with Crippen molar-refractivity contribution in [3.05, 3.63) is 52.7 Å². The van der Waals surface area contributed by atoms with Crippen LogP contribution < -0.4 is 4.90 Å². The van der Waals surface area contributed by atoms with Gasteiger partial charge in [-0.3, -0.25) is 4.79 Å². The normalized spacial score (nSPS) is 15.7. The molecule has 0 amide bonds. The van der Waals surface area contributed by atoms with Crippen molar-refractivity contribution in [3.8, 4) is 11.1 Å². The fourth-order valence-corrected chi connectivity index (χ4v) is 5.72. The minimum atomic E-state index is -0.774. The Labute approximate surface area is 223 Å². The highest BCUT2D eigenvalue weighted by Crippen LogP contribution is 2.44. The first kappa shape index (κ1) is 27.3. The first-order chi connectivity index (χ1) is 17.4. The van der Waals surface area contributed by atoms with E-state index in [1.807, 2.05) is 0 Å². The molecule has 5 heteroatoms. The minimum absolute atomic E-state index is 0.0438. The summed E-state index contributed by atoms with van der Waals surface area (Å²) in [6.07, 6.45) is 2.65. The Bertz CT molecular complexity index is 1250. The van der Waals surface area contributed by atoms with Crippen molar-refractivity contribution < 1.29 is 9.90 Å². The van der Waals surface area contributed by atoms with Crippen LogP contribution >= 0.6 is 0 Å². The molecule has 2 aliphatic heterocycles. The van der Waals surface area contributed by atoms with E-state index in [0.717, 1.165) is 48.4 Å². The van der Waals surface area contributed by atoms with Crippen molar-refractivity contribution in [3.63, 3.8) is 0 Å². The second-order valence-electron chi connectivity index (χ2n) is 12.5. The molecule has 0 saturated carbocycles. The molecular formula is C32H45N3O2. The number of rotatable bonds is 6. The van der Waals surface area contributed by atoms with Gasteiger partial charge in [0.25, 0.3) is 0 Å². The highest BCUT2D eigenvalue weighted by atomic mass is 16.4. The molecule has 200 valence electrons. The number of aliphatic carboxylic acids is 1. The summed E-state index contributed by atoms with van der Waals surface area (Å²) in [4.78, 5) is 17.0. The number of carboxylic acids is 1. The van der Waals surface area contributed by atoms with Gasteiger partial charge in [-0.1, -0.05) is 57.5 Å². The molecule has 1 fully saturated rings. The number of nitrogens with zero attached hydrogens (tertiary/aromatic N) is 3. The molecule has 1 saturated heterocycles. The van der Waals surface area contributed by atoms with Crippen LogP contribution in [0.25, 0.3) is 22.0 Å². The van der Waals surface area contributed by atoms with Gasteiger partial charge < -0.3 is 19.5 Å². The third-order valence-electron chi connectivity index (χ3n) is 7.37. The summed E-state index contributed by atoms with van der Waals surface area (Å²) in [5.74, 6) is -0.774. The van der Waals surface area contributed by atoms with Crippen LogP contribution in [-0.4, -0.2) is 53.3 Å². The first-order valence-corrected chi connectivity index (χ1v) is 13.9. The predicted molar refractivity (Wildman–Crippen MR) is 156 cm³/mol. The van der Waals surface area contributed by atoms with Gasteiger partial charge in [0.05, 0.1) is 17.6 Å². The monoisotopic (exact) mass is 503 g/mol. The van der Waals surface area contributed by atoms with E-state index in [9.17, 15) is 9.90 Å². The predicted octanol–water partition coefficient (Wildman–Crippen LogP) is 6.83. The third-order valence-corrected chi connectivity index (χ3v) is 7.37. The summed E-state index contributed by atoms with van der Waals surface area (Å²) in [5, 5.41) is 11.0. The molecule has 3 aromatic rings. The number of anilines is 1. The quantitative estimate of drug-likeness (QED) is 0.401. The maximum absolute atomic E-state index is 11.9. The average molecular weight is 504 g/mol. The molecule has 0 aliphatic carbocycles. The number of hydrogen-bond donors (Lipinski definition) is 1. The van der Waals surface area contributed by atoms with Crippen molar-refractivity contribution >= 4 is 22.6 Å². The van der Waals surface area contributed by atoms with E-state index in [0.29, 0.717) is 5.41 Å². The van der Waals surface area contributed by atoms with E-state index in [-0.39, 0.29) is 6.42 Å². The standard InChI is InChI=1S/C27H33N3O2.C5H12/c1-18-6-8-21(9-7-18)25-22(17-24(31)32)20(3)26-27-23(25)16-19(2)30(27)15-14-29(26)13-12-28-10-4-5-11-28;1-5(2,3)4/h6-9,16H,4-5,10-15,17H2,1-3H3,(H,31,32);1-4H3. The van der Waals surface area contributed by atoms with E-state index in [2.05, 4.69) is 93.2 Å². The largest absolute Gasteiger partial charge is 0.481 e. The lowest BCUT2D eigenvalue weighted by Crippen LogP contribution is -2.38. The van der Waals surface area contributed by atoms with E-state index >= 15 is 0 Å². The van der Waals surface area contributed by atoms with Gasteiger partial charge >= 0.3 is 5.97 Å². The van der Waals surface area contributed by atoms with Gasteiger partial charge in [-0.05, 0) is 80.4 Å². The number of aryl methyl sites for hydroxylation is 2. The summed E-state index contributed by atoms with van der Waals surface area (Å²) in [7, 11) is 0. The topological polar surface area (TPSA) is 48.7 Å². The summed E-state index contributed by atoms with van der Waals surface area (Å²) in [5.41, 5.74) is 9.74. The van der Waals surface area contributed by atoms with Crippen LogP contribution in [0.3, 0.4) is 0 Å². The number of likely N-dealkylation sites (tertiary alicyclic amines) is 1. The van der Waals surface area contributed by atoms with Crippen LogP contribution in [0, 0.1) is 26.2 Å². The second-order valence-corrected chi connectivity index (χ2v) is 12.5. The summed E-state index contributed by atoms with van der Waals surface area (Å²) in [6, 6.07) is 10.8. The molecule has 0 spiro atoms. The summed E-state index contributed by atoms with van der Waals surface area (Å²) >= 11 is 0. The lowest BCUT2D eigenvalue weighted by Gasteiger charge is -2.35. The second kappa shape index (κ2) is 10.9. The fraction of sp³-hybridized carbons (Fsp3) is 0.531. The van der Waals surface area contributed by atoms with Crippen molar-refractivity contribution in [2.45, 2.75) is 74.3 Å². The Morgan fingerprint density at radius 3 is 2.14 bits per heavy atom. The van der Waals surface area contributed by atoms with Crippen LogP contribution in [0.4, 0.5) is 5.69 Å². The van der Waals surface area contributed by atoms with Gasteiger partial charge in [0.1, 0.15) is 0 Å². The number of benzene rings is 2.